The molecule has 0 aliphatic rings. The summed E-state index contributed by atoms with van der Waals surface area (Å²) in [7, 11) is 2.89. The molecule has 3 heterocycles. The molecule has 0 radical (unpaired) electrons. The van der Waals surface area contributed by atoms with Crippen LogP contribution in [0.5, 0.6) is 0 Å². The topological polar surface area (TPSA) is 158 Å². The Kier molecular flexibility index (Phi) is 6.31. The van der Waals surface area contributed by atoms with Gasteiger partial charge < -0.3 is 9.97 Å². The molecule has 0 aliphatic carbocycles. The van der Waals surface area contributed by atoms with Crippen molar-refractivity contribution in [3.05, 3.63) is 77.9 Å². The van der Waals surface area contributed by atoms with E-state index in [1.54, 1.807) is 30.5 Å². The quantitative estimate of drug-likeness (QED) is 0.251. The molecule has 5 rings (SSSR count). The summed E-state index contributed by atoms with van der Waals surface area (Å²) in [4.78, 5) is 61.2. The monoisotopic (exact) mass is 498 g/mol. The van der Waals surface area contributed by atoms with Crippen molar-refractivity contribution in [3.8, 4) is 0 Å². The Balaban J connectivity index is 1.31. The summed E-state index contributed by atoms with van der Waals surface area (Å²) in [5.41, 5.74) is 1.94. The first-order valence-corrected chi connectivity index (χ1v) is 11.2. The summed E-state index contributed by atoms with van der Waals surface area (Å²) in [6.07, 6.45) is 3.12. The zero-order chi connectivity index (χ0) is 25.9. The van der Waals surface area contributed by atoms with Gasteiger partial charge in [0, 0.05) is 24.3 Å². The third kappa shape index (κ3) is 4.99. The number of imidazole rings is 2. The van der Waals surface area contributed by atoms with Gasteiger partial charge in [-0.25, -0.2) is 15.0 Å². The molecular formula is C25H22N8O4. The summed E-state index contributed by atoms with van der Waals surface area (Å²) >= 11 is 0. The highest BCUT2D eigenvalue weighted by Gasteiger charge is 2.18. The average Bonchev–Trinajstić information content (AvgIpc) is 3.53. The smallest absolute Gasteiger partial charge is 0.276 e. The Morgan fingerprint density at radius 3 is 2.51 bits per heavy atom. The number of carbonyl (C=O) groups excluding carboxylic acids is 3. The van der Waals surface area contributed by atoms with Crippen molar-refractivity contribution < 1.29 is 19.2 Å². The fraction of sp³-hybridized carbons (Fsp3) is 0.120. The van der Waals surface area contributed by atoms with Crippen LogP contribution in [0.4, 0.5) is 11.9 Å². The van der Waals surface area contributed by atoms with Crippen LogP contribution in [-0.2, 0) is 16.1 Å². The van der Waals surface area contributed by atoms with Gasteiger partial charge in [0.05, 0.1) is 30.8 Å². The van der Waals surface area contributed by atoms with E-state index in [-0.39, 0.29) is 35.5 Å². The zero-order valence-electron chi connectivity index (χ0n) is 19.9. The minimum atomic E-state index is -0.465. The normalized spacial score (nSPS) is 11.0. The number of H-pyrrole nitrogens is 2. The van der Waals surface area contributed by atoms with Crippen molar-refractivity contribution in [2.75, 3.05) is 24.8 Å². The van der Waals surface area contributed by atoms with Crippen molar-refractivity contribution in [3.63, 3.8) is 0 Å². The zero-order valence-corrected chi connectivity index (χ0v) is 19.9. The lowest BCUT2D eigenvalue weighted by Crippen LogP contribution is -2.27. The highest BCUT2D eigenvalue weighted by Crippen LogP contribution is 2.21. The molecule has 0 bridgehead atoms. The number of nitrogens with one attached hydrogen (secondary N) is 4. The Morgan fingerprint density at radius 1 is 0.919 bits per heavy atom. The van der Waals surface area contributed by atoms with Crippen molar-refractivity contribution in [2.24, 2.45) is 0 Å². The van der Waals surface area contributed by atoms with Crippen LogP contribution in [0.25, 0.3) is 21.8 Å². The van der Waals surface area contributed by atoms with Crippen LogP contribution >= 0.6 is 0 Å². The molecule has 0 aliphatic heterocycles. The number of benzene rings is 2. The van der Waals surface area contributed by atoms with E-state index in [1.807, 2.05) is 24.3 Å². The molecule has 3 aromatic heterocycles. The number of rotatable bonds is 7. The predicted molar refractivity (Wildman–Crippen MR) is 136 cm³/mol. The highest BCUT2D eigenvalue weighted by molar-refractivity contribution is 6.12. The van der Waals surface area contributed by atoms with Crippen LogP contribution in [-0.4, -0.2) is 61.9 Å². The SMILES string of the molecule is CON(C)C(=O)Cc1cnc(NC(=O)c2cccc3[nH]c(NC(=O)c4cc5ccccc5cn4)nc23)[nH]1. The number of hydroxylamine groups is 2. The molecule has 0 saturated heterocycles. The number of aromatic amines is 2. The van der Waals surface area contributed by atoms with E-state index in [2.05, 4.69) is 35.6 Å². The minimum absolute atomic E-state index is 0.0251. The number of hydrogen-bond acceptors (Lipinski definition) is 7. The number of hydrogen-bond donors (Lipinski definition) is 4. The van der Waals surface area contributed by atoms with E-state index in [4.69, 9.17) is 4.84 Å². The molecule has 0 spiro atoms. The minimum Gasteiger partial charge on any atom is -0.327 e. The summed E-state index contributed by atoms with van der Waals surface area (Å²) in [6, 6.07) is 14.3. The molecule has 0 atom stereocenters. The maximum Gasteiger partial charge on any atom is 0.276 e. The van der Waals surface area contributed by atoms with Crippen LogP contribution in [0, 0.1) is 0 Å². The van der Waals surface area contributed by atoms with Crippen LogP contribution < -0.4 is 10.6 Å². The molecule has 37 heavy (non-hydrogen) atoms. The molecule has 4 N–H and O–H groups in total. The number of likely N-dealkylation sites (N-methyl/N-ethyl adjacent to an activating group) is 1. The number of nitrogens with zero attached hydrogens (tertiary/aromatic N) is 4. The number of aromatic nitrogens is 5. The van der Waals surface area contributed by atoms with E-state index in [0.29, 0.717) is 16.7 Å². The van der Waals surface area contributed by atoms with Gasteiger partial charge in [-0.3, -0.25) is 34.8 Å². The summed E-state index contributed by atoms with van der Waals surface area (Å²) in [5, 5.41) is 8.29. The number of pyridine rings is 1. The van der Waals surface area contributed by atoms with Gasteiger partial charge in [0.25, 0.3) is 17.7 Å². The second-order valence-electron chi connectivity index (χ2n) is 8.12. The van der Waals surface area contributed by atoms with Crippen LogP contribution in [0.1, 0.15) is 26.5 Å². The molecule has 12 heteroatoms. The van der Waals surface area contributed by atoms with Crippen molar-refractivity contribution >= 4 is 51.4 Å². The predicted octanol–water partition coefficient (Wildman–Crippen LogP) is 2.90. The summed E-state index contributed by atoms with van der Waals surface area (Å²) in [5.74, 6) is -0.827. The molecule has 186 valence electrons. The van der Waals surface area contributed by atoms with Crippen molar-refractivity contribution in [2.45, 2.75) is 6.42 Å². The van der Waals surface area contributed by atoms with Gasteiger partial charge in [-0.2, -0.15) is 0 Å². The lowest BCUT2D eigenvalue weighted by Gasteiger charge is -2.12. The van der Waals surface area contributed by atoms with Gasteiger partial charge in [0.1, 0.15) is 11.2 Å². The molecule has 0 unspecified atom stereocenters. The second-order valence-corrected chi connectivity index (χ2v) is 8.12. The molecular weight excluding hydrogens is 476 g/mol. The van der Waals surface area contributed by atoms with Gasteiger partial charge in [0.15, 0.2) is 0 Å². The van der Waals surface area contributed by atoms with E-state index in [9.17, 15) is 14.4 Å². The molecule has 5 aromatic rings. The number of amides is 3. The Hall–Kier alpha value is -5.10. The third-order valence-electron chi connectivity index (χ3n) is 5.68. The first-order valence-electron chi connectivity index (χ1n) is 11.2. The standard InChI is InChI=1S/C25H22N8O4/c1-33(37-2)20(34)11-16-13-27-24(28-16)31-22(35)17-8-5-9-18-21(17)30-25(29-18)32-23(36)19-10-14-6-3-4-7-15(14)12-26-19/h3-10,12-13H,11H2,1-2H3,(H2,27,28,31,35)(H2,29,30,32,36). The number of carbonyl (C=O) groups is 3. The molecule has 0 fully saturated rings. The van der Waals surface area contributed by atoms with Crippen LogP contribution in [0.3, 0.4) is 0 Å². The van der Waals surface area contributed by atoms with Crippen molar-refractivity contribution in [1.82, 2.24) is 30.0 Å². The Morgan fingerprint density at radius 2 is 1.70 bits per heavy atom. The van der Waals surface area contributed by atoms with Crippen molar-refractivity contribution in [1.29, 1.82) is 0 Å². The Bertz CT molecular complexity index is 1640. The maximum atomic E-state index is 13.0. The highest BCUT2D eigenvalue weighted by atomic mass is 16.7. The van der Waals surface area contributed by atoms with Crippen LogP contribution in [0.2, 0.25) is 0 Å². The first kappa shape index (κ1) is 23.6. The lowest BCUT2D eigenvalue weighted by atomic mass is 10.1. The van der Waals surface area contributed by atoms with Gasteiger partial charge in [-0.1, -0.05) is 30.3 Å². The maximum absolute atomic E-state index is 13.0. The number of para-hydroxylation sites is 1. The van der Waals surface area contributed by atoms with E-state index >= 15 is 0 Å². The third-order valence-corrected chi connectivity index (χ3v) is 5.68. The van der Waals surface area contributed by atoms with Gasteiger partial charge in [-0.15, -0.1) is 0 Å². The number of anilines is 2. The molecule has 3 amide bonds. The number of fused-ring (bicyclic) bond motifs is 2. The van der Waals surface area contributed by atoms with E-state index < -0.39 is 11.8 Å². The lowest BCUT2D eigenvalue weighted by molar-refractivity contribution is -0.167. The van der Waals surface area contributed by atoms with Gasteiger partial charge in [0.2, 0.25) is 11.9 Å². The first-order chi connectivity index (χ1) is 17.9. The summed E-state index contributed by atoms with van der Waals surface area (Å²) in [6.45, 7) is 0. The van der Waals surface area contributed by atoms with E-state index in [0.717, 1.165) is 15.8 Å². The molecule has 12 nitrogen and oxygen atoms in total. The van der Waals surface area contributed by atoms with E-state index in [1.165, 1.54) is 20.4 Å². The van der Waals surface area contributed by atoms with Gasteiger partial charge >= 0.3 is 0 Å². The fourth-order valence-corrected chi connectivity index (χ4v) is 3.72. The van der Waals surface area contributed by atoms with Crippen LogP contribution in [0.15, 0.2) is 60.9 Å². The Labute approximate surface area is 210 Å². The molecule has 2 aromatic carbocycles. The summed E-state index contributed by atoms with van der Waals surface area (Å²) < 4.78 is 0. The molecule has 0 saturated carbocycles. The second kappa shape index (κ2) is 9.87. The average molecular weight is 499 g/mol. The van der Waals surface area contributed by atoms with Gasteiger partial charge in [-0.05, 0) is 23.6 Å². The largest absolute Gasteiger partial charge is 0.327 e. The fourth-order valence-electron chi connectivity index (χ4n) is 3.72.